The molecule has 0 aromatic heterocycles. The van der Waals surface area contributed by atoms with Gasteiger partial charge in [0, 0.05) is 38.8 Å². The van der Waals surface area contributed by atoms with Crippen LogP contribution in [0.1, 0.15) is 25.3 Å². The number of nitrogens with zero attached hydrogens (tertiary/aromatic N) is 1. The van der Waals surface area contributed by atoms with Gasteiger partial charge in [0.05, 0.1) is 6.42 Å². The maximum Gasteiger partial charge on any atom is 0.224 e. The average Bonchev–Trinajstić information content (AvgIpc) is 2.49. The van der Waals surface area contributed by atoms with Crippen molar-refractivity contribution in [3.05, 3.63) is 29.8 Å². The Balaban J connectivity index is 1.97. The van der Waals surface area contributed by atoms with Gasteiger partial charge in [0.1, 0.15) is 0 Å². The summed E-state index contributed by atoms with van der Waals surface area (Å²) in [5, 5.41) is 6.17. The summed E-state index contributed by atoms with van der Waals surface area (Å²) in [5.74, 6) is 0.157. The molecule has 2 rings (SSSR count). The first-order valence-electron chi connectivity index (χ1n) is 7.40. The first kappa shape index (κ1) is 15.4. The smallest absolute Gasteiger partial charge is 0.224 e. The molecule has 1 saturated heterocycles. The maximum atomic E-state index is 11.6. The predicted molar refractivity (Wildman–Crippen MR) is 83.1 cm³/mol. The Bertz CT molecular complexity index is 508. The van der Waals surface area contributed by atoms with Crippen molar-refractivity contribution in [2.75, 3.05) is 25.5 Å². The highest BCUT2D eigenvalue weighted by Gasteiger charge is 2.21. The molecule has 5 nitrogen and oxygen atoms in total. The van der Waals surface area contributed by atoms with E-state index in [4.69, 9.17) is 0 Å². The number of anilines is 1. The number of hydrogen-bond donors (Lipinski definition) is 2. The number of benzene rings is 1. The molecule has 0 unspecified atom stereocenters. The molecule has 1 heterocycles. The molecule has 1 aromatic rings. The summed E-state index contributed by atoms with van der Waals surface area (Å²) in [6, 6.07) is 8.26. The van der Waals surface area contributed by atoms with Gasteiger partial charge in [-0.2, -0.15) is 0 Å². The Morgan fingerprint density at radius 1 is 1.24 bits per heavy atom. The summed E-state index contributed by atoms with van der Waals surface area (Å²) in [6.07, 6.45) is 2.26. The van der Waals surface area contributed by atoms with Crippen molar-refractivity contribution < 1.29 is 9.59 Å². The van der Waals surface area contributed by atoms with E-state index in [1.165, 1.54) is 0 Å². The van der Waals surface area contributed by atoms with E-state index in [1.807, 2.05) is 29.2 Å². The van der Waals surface area contributed by atoms with Crippen LogP contribution in [0.2, 0.25) is 0 Å². The summed E-state index contributed by atoms with van der Waals surface area (Å²) >= 11 is 0. The SMILES string of the molecule is CNC(=O)Cc1ccccc1NC1CCN(C(C)=O)CC1. The zero-order valence-corrected chi connectivity index (χ0v) is 12.7. The summed E-state index contributed by atoms with van der Waals surface area (Å²) < 4.78 is 0. The van der Waals surface area contributed by atoms with Crippen LogP contribution in [0.3, 0.4) is 0 Å². The van der Waals surface area contributed by atoms with Gasteiger partial charge in [-0.15, -0.1) is 0 Å². The minimum Gasteiger partial charge on any atom is -0.382 e. The van der Waals surface area contributed by atoms with Crippen LogP contribution >= 0.6 is 0 Å². The van der Waals surface area contributed by atoms with E-state index in [0.29, 0.717) is 12.5 Å². The number of likely N-dealkylation sites (tertiary alicyclic amines) is 1. The van der Waals surface area contributed by atoms with Gasteiger partial charge in [-0.25, -0.2) is 0 Å². The Hall–Kier alpha value is -2.04. The van der Waals surface area contributed by atoms with Crippen molar-refractivity contribution in [1.29, 1.82) is 0 Å². The third kappa shape index (κ3) is 4.21. The molecular formula is C16H23N3O2. The second-order valence-electron chi connectivity index (χ2n) is 5.43. The van der Waals surface area contributed by atoms with Crippen molar-refractivity contribution in [2.24, 2.45) is 0 Å². The Kier molecular flexibility index (Phi) is 5.20. The molecule has 5 heteroatoms. The van der Waals surface area contributed by atoms with Crippen molar-refractivity contribution in [3.8, 4) is 0 Å². The highest BCUT2D eigenvalue weighted by atomic mass is 16.2. The van der Waals surface area contributed by atoms with Gasteiger partial charge in [0.2, 0.25) is 11.8 Å². The molecule has 1 aromatic carbocycles. The number of hydrogen-bond acceptors (Lipinski definition) is 3. The van der Waals surface area contributed by atoms with E-state index in [9.17, 15) is 9.59 Å². The van der Waals surface area contributed by atoms with Crippen LogP contribution in [0.4, 0.5) is 5.69 Å². The second kappa shape index (κ2) is 7.11. The number of carbonyl (C=O) groups excluding carboxylic acids is 2. The Morgan fingerprint density at radius 2 is 1.90 bits per heavy atom. The molecular weight excluding hydrogens is 266 g/mol. The normalized spacial score (nSPS) is 15.6. The average molecular weight is 289 g/mol. The van der Waals surface area contributed by atoms with Gasteiger partial charge >= 0.3 is 0 Å². The number of rotatable bonds is 4. The van der Waals surface area contributed by atoms with Gasteiger partial charge in [-0.1, -0.05) is 18.2 Å². The first-order valence-corrected chi connectivity index (χ1v) is 7.40. The molecule has 2 N–H and O–H groups in total. The summed E-state index contributed by atoms with van der Waals surface area (Å²) in [6.45, 7) is 3.21. The molecule has 0 atom stereocenters. The number of nitrogens with one attached hydrogen (secondary N) is 2. The van der Waals surface area contributed by atoms with Crippen molar-refractivity contribution in [3.63, 3.8) is 0 Å². The maximum absolute atomic E-state index is 11.6. The van der Waals surface area contributed by atoms with Crippen LogP contribution < -0.4 is 10.6 Å². The molecule has 1 aliphatic heterocycles. The lowest BCUT2D eigenvalue weighted by molar-refractivity contribution is -0.129. The third-order valence-corrected chi connectivity index (χ3v) is 3.95. The first-order chi connectivity index (χ1) is 10.1. The highest BCUT2D eigenvalue weighted by Crippen LogP contribution is 2.21. The minimum atomic E-state index is 0.00986. The van der Waals surface area contributed by atoms with Crippen LogP contribution in [-0.4, -0.2) is 42.9 Å². The van der Waals surface area contributed by atoms with Gasteiger partial charge in [-0.3, -0.25) is 9.59 Å². The van der Waals surface area contributed by atoms with Crippen molar-refractivity contribution in [2.45, 2.75) is 32.2 Å². The molecule has 114 valence electrons. The molecule has 0 radical (unpaired) electrons. The van der Waals surface area contributed by atoms with E-state index in [0.717, 1.165) is 37.2 Å². The van der Waals surface area contributed by atoms with E-state index < -0.39 is 0 Å². The van der Waals surface area contributed by atoms with Gasteiger partial charge in [0.15, 0.2) is 0 Å². The van der Waals surface area contributed by atoms with Crippen LogP contribution in [0, 0.1) is 0 Å². The van der Waals surface area contributed by atoms with Crippen LogP contribution in [0.15, 0.2) is 24.3 Å². The second-order valence-corrected chi connectivity index (χ2v) is 5.43. The van der Waals surface area contributed by atoms with E-state index in [-0.39, 0.29) is 11.8 Å². The van der Waals surface area contributed by atoms with E-state index >= 15 is 0 Å². The number of carbonyl (C=O) groups is 2. The van der Waals surface area contributed by atoms with Gasteiger partial charge < -0.3 is 15.5 Å². The number of piperidine rings is 1. The van der Waals surface area contributed by atoms with Crippen molar-refractivity contribution in [1.82, 2.24) is 10.2 Å². The number of amides is 2. The van der Waals surface area contributed by atoms with Crippen LogP contribution in [0.25, 0.3) is 0 Å². The Morgan fingerprint density at radius 3 is 2.52 bits per heavy atom. The zero-order valence-electron chi connectivity index (χ0n) is 12.7. The molecule has 2 amide bonds. The number of para-hydroxylation sites is 1. The largest absolute Gasteiger partial charge is 0.382 e. The topological polar surface area (TPSA) is 61.4 Å². The van der Waals surface area contributed by atoms with Crippen LogP contribution in [-0.2, 0) is 16.0 Å². The van der Waals surface area contributed by atoms with Crippen LogP contribution in [0.5, 0.6) is 0 Å². The zero-order chi connectivity index (χ0) is 15.2. The summed E-state index contributed by atoms with van der Waals surface area (Å²) in [4.78, 5) is 24.8. The van der Waals surface area contributed by atoms with E-state index in [1.54, 1.807) is 14.0 Å². The molecule has 0 spiro atoms. The molecule has 1 fully saturated rings. The fourth-order valence-corrected chi connectivity index (χ4v) is 2.64. The summed E-state index contributed by atoms with van der Waals surface area (Å²) in [7, 11) is 1.65. The van der Waals surface area contributed by atoms with Gasteiger partial charge in [-0.05, 0) is 24.5 Å². The lowest BCUT2D eigenvalue weighted by atomic mass is 10.0. The Labute approximate surface area is 125 Å². The number of likely N-dealkylation sites (N-methyl/N-ethyl adjacent to an activating group) is 1. The van der Waals surface area contributed by atoms with Gasteiger partial charge in [0.25, 0.3) is 0 Å². The standard InChI is InChI=1S/C16H23N3O2/c1-12(20)19-9-7-14(8-10-19)18-15-6-4-3-5-13(15)11-16(21)17-2/h3-6,14,18H,7-11H2,1-2H3,(H,17,21). The molecule has 1 aliphatic rings. The monoisotopic (exact) mass is 289 g/mol. The fraction of sp³-hybridized carbons (Fsp3) is 0.500. The van der Waals surface area contributed by atoms with E-state index in [2.05, 4.69) is 10.6 Å². The highest BCUT2D eigenvalue weighted by molar-refractivity contribution is 5.80. The van der Waals surface area contributed by atoms with Crippen molar-refractivity contribution >= 4 is 17.5 Å². The lowest BCUT2D eigenvalue weighted by Gasteiger charge is -2.32. The molecule has 21 heavy (non-hydrogen) atoms. The third-order valence-electron chi connectivity index (χ3n) is 3.95. The predicted octanol–water partition coefficient (Wildman–Crippen LogP) is 1.40. The lowest BCUT2D eigenvalue weighted by Crippen LogP contribution is -2.41. The molecule has 0 saturated carbocycles. The quantitative estimate of drug-likeness (QED) is 0.881. The fourth-order valence-electron chi connectivity index (χ4n) is 2.64. The summed E-state index contributed by atoms with van der Waals surface area (Å²) in [5.41, 5.74) is 2.02. The minimum absolute atomic E-state index is 0.00986. The molecule has 0 bridgehead atoms. The molecule has 0 aliphatic carbocycles.